The van der Waals surface area contributed by atoms with Gasteiger partial charge in [-0.05, 0) is 97.6 Å². The van der Waals surface area contributed by atoms with Crippen molar-refractivity contribution >= 4 is 28.1 Å². The highest BCUT2D eigenvalue weighted by Crippen LogP contribution is 2.61. The molecule has 0 saturated heterocycles. The molecule has 35 heavy (non-hydrogen) atoms. The van der Waals surface area contributed by atoms with Crippen LogP contribution in [0.2, 0.25) is 0 Å². The lowest BCUT2D eigenvalue weighted by molar-refractivity contribution is -0.124. The van der Waals surface area contributed by atoms with Gasteiger partial charge in [0, 0.05) is 48.9 Å². The van der Waals surface area contributed by atoms with Crippen LogP contribution in [0.3, 0.4) is 0 Å². The maximum absolute atomic E-state index is 13.3. The molecule has 4 fully saturated rings. The maximum atomic E-state index is 13.3. The van der Waals surface area contributed by atoms with Crippen molar-refractivity contribution in [2.45, 2.75) is 51.5 Å². The molecule has 1 amide bonds. The molecule has 5 nitrogen and oxygen atoms in total. The predicted octanol–water partition coefficient (Wildman–Crippen LogP) is 5.66. The Balaban J connectivity index is 1.20. The molecule has 1 heterocycles. The molecule has 1 N–H and O–H groups in total. The van der Waals surface area contributed by atoms with Gasteiger partial charge in [0.05, 0.1) is 6.54 Å². The van der Waals surface area contributed by atoms with Gasteiger partial charge in [-0.25, -0.2) is 0 Å². The Labute approximate surface area is 207 Å². The van der Waals surface area contributed by atoms with E-state index in [9.17, 15) is 9.59 Å². The number of hydrogen-bond acceptors (Lipinski definition) is 3. The van der Waals surface area contributed by atoms with Gasteiger partial charge in [0.2, 0.25) is 5.91 Å². The van der Waals surface area contributed by atoms with Crippen LogP contribution in [-0.4, -0.2) is 24.6 Å². The molecule has 182 valence electrons. The predicted molar refractivity (Wildman–Crippen MR) is 142 cm³/mol. The molecular weight excluding hydrogens is 434 g/mol. The molecule has 4 saturated carbocycles. The monoisotopic (exact) mass is 469 g/mol. The van der Waals surface area contributed by atoms with Gasteiger partial charge in [0.25, 0.3) is 5.56 Å². The number of aromatic nitrogens is 1. The van der Waals surface area contributed by atoms with Crippen molar-refractivity contribution in [2.75, 3.05) is 24.3 Å². The fourth-order valence-corrected chi connectivity index (χ4v) is 7.69. The number of carbonyl (C=O) groups is 1. The van der Waals surface area contributed by atoms with E-state index in [0.29, 0.717) is 18.4 Å². The molecule has 4 aliphatic rings. The van der Waals surface area contributed by atoms with Gasteiger partial charge in [-0.2, -0.15) is 0 Å². The number of anilines is 2. The Morgan fingerprint density at radius 1 is 0.943 bits per heavy atom. The lowest BCUT2D eigenvalue weighted by Gasteiger charge is -2.56. The van der Waals surface area contributed by atoms with E-state index in [2.05, 4.69) is 34.5 Å². The van der Waals surface area contributed by atoms with Crippen molar-refractivity contribution in [3.63, 3.8) is 0 Å². The SMILES string of the molecule is CN(C)c1ccc(Cn2ccc3c(NC(=O)CC45CC6CC(CC(C6)C4)C5)cccc3c2=O)cc1. The zero-order valence-corrected chi connectivity index (χ0v) is 20.8. The number of amides is 1. The Bertz CT molecular complexity index is 1290. The quantitative estimate of drug-likeness (QED) is 0.507. The van der Waals surface area contributed by atoms with Gasteiger partial charge in [0.1, 0.15) is 0 Å². The number of carbonyl (C=O) groups excluding carboxylic acids is 1. The summed E-state index contributed by atoms with van der Waals surface area (Å²) in [5, 5.41) is 4.64. The highest BCUT2D eigenvalue weighted by molar-refractivity contribution is 6.02. The number of nitrogens with zero attached hydrogens (tertiary/aromatic N) is 2. The average Bonchev–Trinajstić information content (AvgIpc) is 2.80. The highest BCUT2D eigenvalue weighted by atomic mass is 16.1. The lowest BCUT2D eigenvalue weighted by atomic mass is 9.49. The molecule has 4 bridgehead atoms. The van der Waals surface area contributed by atoms with E-state index in [4.69, 9.17) is 0 Å². The highest BCUT2D eigenvalue weighted by Gasteiger charge is 2.51. The van der Waals surface area contributed by atoms with Crippen molar-refractivity contribution < 1.29 is 4.79 Å². The van der Waals surface area contributed by atoms with E-state index in [1.54, 1.807) is 4.57 Å². The molecule has 7 rings (SSSR count). The largest absolute Gasteiger partial charge is 0.378 e. The molecular formula is C30H35N3O2. The number of nitrogens with one attached hydrogen (secondary N) is 1. The third kappa shape index (κ3) is 4.26. The van der Waals surface area contributed by atoms with Gasteiger partial charge in [-0.3, -0.25) is 9.59 Å². The van der Waals surface area contributed by atoms with Gasteiger partial charge >= 0.3 is 0 Å². The molecule has 0 atom stereocenters. The Hall–Kier alpha value is -3.08. The number of fused-ring (bicyclic) bond motifs is 1. The Morgan fingerprint density at radius 3 is 2.23 bits per heavy atom. The van der Waals surface area contributed by atoms with E-state index < -0.39 is 0 Å². The van der Waals surface area contributed by atoms with E-state index in [-0.39, 0.29) is 16.9 Å². The van der Waals surface area contributed by atoms with Crippen LogP contribution in [-0.2, 0) is 11.3 Å². The van der Waals surface area contributed by atoms with E-state index >= 15 is 0 Å². The summed E-state index contributed by atoms with van der Waals surface area (Å²) in [6.45, 7) is 0.519. The van der Waals surface area contributed by atoms with Crippen LogP contribution in [0.1, 0.15) is 50.5 Å². The summed E-state index contributed by atoms with van der Waals surface area (Å²) in [4.78, 5) is 28.6. The van der Waals surface area contributed by atoms with Crippen molar-refractivity contribution in [1.82, 2.24) is 4.57 Å². The second-order valence-electron chi connectivity index (χ2n) is 11.7. The summed E-state index contributed by atoms with van der Waals surface area (Å²) in [6.07, 6.45) is 10.3. The number of rotatable bonds is 6. The smallest absolute Gasteiger partial charge is 0.258 e. The summed E-state index contributed by atoms with van der Waals surface area (Å²) < 4.78 is 1.74. The molecule has 1 aromatic heterocycles. The van der Waals surface area contributed by atoms with E-state index in [0.717, 1.165) is 40.1 Å². The first-order valence-electron chi connectivity index (χ1n) is 13.1. The molecule has 4 aliphatic carbocycles. The van der Waals surface area contributed by atoms with Crippen LogP contribution in [0.25, 0.3) is 10.8 Å². The maximum Gasteiger partial charge on any atom is 0.258 e. The first-order valence-corrected chi connectivity index (χ1v) is 13.1. The minimum Gasteiger partial charge on any atom is -0.378 e. The number of hydrogen-bond donors (Lipinski definition) is 1. The fraction of sp³-hybridized carbons (Fsp3) is 0.467. The van der Waals surface area contributed by atoms with E-state index in [1.807, 2.05) is 44.6 Å². The zero-order valence-electron chi connectivity index (χ0n) is 20.8. The third-order valence-electron chi connectivity index (χ3n) is 8.80. The summed E-state index contributed by atoms with van der Waals surface area (Å²) in [5.74, 6) is 2.61. The van der Waals surface area contributed by atoms with Gasteiger partial charge in [0.15, 0.2) is 0 Å². The molecule has 2 aromatic carbocycles. The number of pyridine rings is 1. The minimum absolute atomic E-state index is 0.0311. The Kier molecular flexibility index (Phi) is 5.46. The van der Waals surface area contributed by atoms with Crippen LogP contribution in [0.15, 0.2) is 59.5 Å². The normalized spacial score (nSPS) is 26.7. The molecule has 3 aromatic rings. The van der Waals surface area contributed by atoms with Crippen LogP contribution in [0, 0.1) is 23.2 Å². The molecule has 0 radical (unpaired) electrons. The summed E-state index contributed by atoms with van der Waals surface area (Å²) in [7, 11) is 4.03. The van der Waals surface area contributed by atoms with Crippen molar-refractivity contribution in [1.29, 1.82) is 0 Å². The lowest BCUT2D eigenvalue weighted by Crippen LogP contribution is -2.47. The topological polar surface area (TPSA) is 54.3 Å². The molecule has 0 spiro atoms. The van der Waals surface area contributed by atoms with Crippen molar-refractivity contribution in [2.24, 2.45) is 23.2 Å². The molecule has 0 unspecified atom stereocenters. The minimum atomic E-state index is -0.0311. The fourth-order valence-electron chi connectivity index (χ4n) is 7.69. The van der Waals surface area contributed by atoms with Crippen LogP contribution >= 0.6 is 0 Å². The van der Waals surface area contributed by atoms with E-state index in [1.165, 1.54) is 38.5 Å². The van der Waals surface area contributed by atoms with Crippen LogP contribution < -0.4 is 15.8 Å². The molecule has 0 aliphatic heterocycles. The summed E-state index contributed by atoms with van der Waals surface area (Å²) in [5.41, 5.74) is 3.14. The van der Waals surface area contributed by atoms with Gasteiger partial charge in [-0.15, -0.1) is 0 Å². The van der Waals surface area contributed by atoms with Gasteiger partial charge < -0.3 is 14.8 Å². The zero-order chi connectivity index (χ0) is 24.2. The first-order chi connectivity index (χ1) is 16.9. The number of benzene rings is 2. The average molecular weight is 470 g/mol. The second-order valence-corrected chi connectivity index (χ2v) is 11.7. The van der Waals surface area contributed by atoms with Crippen molar-refractivity contribution in [3.05, 3.63) is 70.6 Å². The van der Waals surface area contributed by atoms with Crippen LogP contribution in [0.5, 0.6) is 0 Å². The second kappa shape index (κ2) is 8.54. The molecule has 5 heteroatoms. The first kappa shape index (κ1) is 22.4. The van der Waals surface area contributed by atoms with Crippen LogP contribution in [0.4, 0.5) is 11.4 Å². The van der Waals surface area contributed by atoms with Gasteiger partial charge in [-0.1, -0.05) is 18.2 Å². The summed E-state index contributed by atoms with van der Waals surface area (Å²) in [6, 6.07) is 15.9. The third-order valence-corrected chi connectivity index (χ3v) is 8.80. The standard InChI is InChI=1S/C30H35N3O2/c1-32(2)24-8-6-20(7-9-24)19-33-11-10-25-26(29(33)35)4-3-5-27(25)31-28(34)18-30-15-21-12-22(16-30)14-23(13-21)17-30/h3-11,21-23H,12-19H2,1-2H3,(H,31,34). The Morgan fingerprint density at radius 2 is 1.60 bits per heavy atom. The van der Waals surface area contributed by atoms with Crippen molar-refractivity contribution in [3.8, 4) is 0 Å². The summed E-state index contributed by atoms with van der Waals surface area (Å²) >= 11 is 0.